The fourth-order valence-corrected chi connectivity index (χ4v) is 10.7. The van der Waals surface area contributed by atoms with E-state index in [1.54, 1.807) is 4.90 Å². The monoisotopic (exact) mass is 902 g/mol. The zero-order valence-electron chi connectivity index (χ0n) is 40.2. The minimum absolute atomic E-state index is 0.0128. The summed E-state index contributed by atoms with van der Waals surface area (Å²) in [6.07, 6.45) is 2.44. The molecule has 5 aromatic rings. The molecule has 0 aliphatic carbocycles. The van der Waals surface area contributed by atoms with Crippen LogP contribution in [-0.4, -0.2) is 86.1 Å². The van der Waals surface area contributed by atoms with Crippen LogP contribution in [0.1, 0.15) is 151 Å². The maximum Gasteiger partial charge on any atom is 0.407 e. The van der Waals surface area contributed by atoms with Gasteiger partial charge in [-0.15, -0.1) is 0 Å². The summed E-state index contributed by atoms with van der Waals surface area (Å²) in [4.78, 5) is 75.2. The van der Waals surface area contributed by atoms with Crippen LogP contribution in [0.15, 0.2) is 48.5 Å². The third-order valence-corrected chi connectivity index (χ3v) is 14.0. The number of amides is 4. The second-order valence-corrected chi connectivity index (χ2v) is 20.4. The quantitative estimate of drug-likeness (QED) is 0.100. The predicted octanol–water partition coefficient (Wildman–Crippen LogP) is 9.26. The third kappa shape index (κ3) is 8.92. The van der Waals surface area contributed by atoms with Gasteiger partial charge in [-0.05, 0) is 122 Å². The van der Waals surface area contributed by atoms with Gasteiger partial charge in [-0.25, -0.2) is 19.6 Å². The summed E-state index contributed by atoms with van der Waals surface area (Å²) in [6.45, 7) is 19.9. The van der Waals surface area contributed by atoms with Gasteiger partial charge in [0, 0.05) is 18.8 Å². The molecule has 5 N–H and O–H groups in total. The van der Waals surface area contributed by atoms with E-state index in [4.69, 9.17) is 25.2 Å². The van der Waals surface area contributed by atoms with Crippen LogP contribution >= 0.6 is 0 Å². The Morgan fingerprint density at radius 3 is 1.85 bits per heavy atom. The largest absolute Gasteiger partial charge is 0.453 e. The van der Waals surface area contributed by atoms with E-state index in [0.717, 1.165) is 72.2 Å². The maximum absolute atomic E-state index is 13.9. The summed E-state index contributed by atoms with van der Waals surface area (Å²) in [7, 11) is 1.30. The van der Waals surface area contributed by atoms with Crippen LogP contribution in [0.2, 0.25) is 0 Å². The molecule has 0 spiro atoms. The third-order valence-electron chi connectivity index (χ3n) is 14.0. The lowest BCUT2D eigenvalue weighted by atomic mass is 9.84. The van der Waals surface area contributed by atoms with Crippen molar-refractivity contribution in [2.45, 2.75) is 143 Å². The minimum Gasteiger partial charge on any atom is -0.453 e. The van der Waals surface area contributed by atoms with Gasteiger partial charge in [0.2, 0.25) is 5.91 Å². The van der Waals surface area contributed by atoms with Crippen LogP contribution in [0.4, 0.5) is 15.3 Å². The number of aryl methyl sites for hydroxylation is 2. The fourth-order valence-electron chi connectivity index (χ4n) is 10.7. The molecule has 3 fully saturated rings. The highest BCUT2D eigenvalue weighted by Gasteiger charge is 2.41. The van der Waals surface area contributed by atoms with Crippen molar-refractivity contribution in [1.29, 1.82) is 0 Å². The van der Waals surface area contributed by atoms with Crippen molar-refractivity contribution in [3.05, 3.63) is 88.0 Å². The van der Waals surface area contributed by atoms with E-state index in [9.17, 15) is 19.2 Å². The Morgan fingerprint density at radius 2 is 1.29 bits per heavy atom. The summed E-state index contributed by atoms with van der Waals surface area (Å²) in [5, 5.41) is 2.75. The number of nitrogens with one attached hydrogen (secondary N) is 3. The average Bonchev–Trinajstić information content (AvgIpc) is 4.12. The van der Waals surface area contributed by atoms with Gasteiger partial charge >= 0.3 is 12.2 Å². The topological polar surface area (TPSA) is 192 Å². The molecule has 5 heterocycles. The second kappa shape index (κ2) is 18.3. The number of nitrogens with zero attached hydrogens (tertiary/aromatic N) is 5. The van der Waals surface area contributed by atoms with Crippen LogP contribution in [0.25, 0.3) is 22.1 Å². The number of benzene rings is 3. The lowest BCUT2D eigenvalue weighted by molar-refractivity contribution is -0.143. The van der Waals surface area contributed by atoms with Crippen LogP contribution in [0.5, 0.6) is 0 Å². The van der Waals surface area contributed by atoms with Crippen molar-refractivity contribution in [2.75, 3.05) is 25.1 Å². The van der Waals surface area contributed by atoms with Crippen molar-refractivity contribution in [1.82, 2.24) is 35.1 Å². The van der Waals surface area contributed by atoms with Gasteiger partial charge in [0.1, 0.15) is 17.7 Å². The van der Waals surface area contributed by atoms with E-state index >= 15 is 0 Å². The number of likely N-dealkylation sites (tertiary alicyclic amines) is 2. The van der Waals surface area contributed by atoms with Gasteiger partial charge in [-0.1, -0.05) is 72.7 Å². The number of hydrogen-bond acceptors (Lipinski definition) is 9. The fraction of sp³-hybridized carbons (Fsp3) is 0.529. The van der Waals surface area contributed by atoms with E-state index in [-0.39, 0.29) is 53.2 Å². The number of methoxy groups -OCH3 is 1. The number of imidazole rings is 2. The molecule has 3 aromatic carbocycles. The Kier molecular flexibility index (Phi) is 12.9. The molecule has 352 valence electrons. The zero-order chi connectivity index (χ0) is 47.4. The highest BCUT2D eigenvalue weighted by atomic mass is 16.6. The number of fused-ring (bicyclic) bond motifs is 2. The number of aromatic nitrogens is 4. The Morgan fingerprint density at radius 1 is 0.727 bits per heavy atom. The summed E-state index contributed by atoms with van der Waals surface area (Å²) in [6, 6.07) is 16.6. The molecule has 0 bridgehead atoms. The number of hydrogen-bond donors (Lipinski definition) is 4. The Bertz CT molecular complexity index is 2620. The molecule has 0 saturated carbocycles. The molecule has 0 radical (unpaired) electrons. The number of primary amides is 1. The summed E-state index contributed by atoms with van der Waals surface area (Å²) in [5.41, 5.74) is 16.1. The minimum atomic E-state index is -0.963. The number of carbonyl (C=O) groups excluding carboxylic acids is 4. The molecule has 2 aromatic heterocycles. The molecule has 3 saturated heterocycles. The maximum atomic E-state index is 13.9. The number of alkyl carbamates (subject to hydrolysis) is 1. The van der Waals surface area contributed by atoms with Gasteiger partial charge in [0.05, 0.1) is 53.3 Å². The lowest BCUT2D eigenvalue weighted by Crippen LogP contribution is -2.51. The molecule has 66 heavy (non-hydrogen) atoms. The molecule has 3 aliphatic heterocycles. The number of ether oxygens (including phenoxy) is 2. The average molecular weight is 902 g/mol. The Labute approximate surface area is 387 Å². The Hall–Kier alpha value is -6.12. The molecular weight excluding hydrogens is 835 g/mol. The standard InChI is InChI=1S/C51H67N9O6/c1-27(2)42(57-50(64)65-10)47(61)58-21-11-13-40(58)45-53-34-17-15-31(25-36(34)55-45)38-19-20-39(60(38)43-29(5)23-33(24-30(43)6)51(7,8)9)32-16-18-35-37(26-32)56-46(54-35)41-14-12-22-59(41)48(62)44(28(3)4)66-49(52)63/h15-18,23-28,38-42,44H,11-14,19-22H2,1-10H3,(H2,52,63)(H,53,55)(H,54,56)(H,57,64)/t38-,39-,40+,41+,42+,44?/m1/s1. The molecule has 8 rings (SSSR count). The first kappa shape index (κ1) is 46.4. The van der Waals surface area contributed by atoms with Crippen LogP contribution < -0.4 is 16.0 Å². The van der Waals surface area contributed by atoms with Gasteiger partial charge in [0.25, 0.3) is 5.91 Å². The van der Waals surface area contributed by atoms with Crippen molar-refractivity contribution in [2.24, 2.45) is 17.6 Å². The van der Waals surface area contributed by atoms with E-state index in [1.807, 2.05) is 32.6 Å². The molecule has 4 amide bonds. The highest BCUT2D eigenvalue weighted by Crippen LogP contribution is 2.50. The second-order valence-electron chi connectivity index (χ2n) is 20.4. The summed E-state index contributed by atoms with van der Waals surface area (Å²) >= 11 is 0. The normalized spacial score (nSPS) is 21.1. The van der Waals surface area contributed by atoms with Crippen LogP contribution in [0, 0.1) is 25.7 Å². The molecule has 6 atom stereocenters. The molecule has 3 aliphatic rings. The first-order chi connectivity index (χ1) is 31.3. The zero-order valence-corrected chi connectivity index (χ0v) is 40.2. The van der Waals surface area contributed by atoms with E-state index in [0.29, 0.717) is 13.1 Å². The summed E-state index contributed by atoms with van der Waals surface area (Å²) < 4.78 is 10.1. The molecular formula is C51H67N9O6. The van der Waals surface area contributed by atoms with Gasteiger partial charge < -0.3 is 45.2 Å². The summed E-state index contributed by atoms with van der Waals surface area (Å²) in [5.74, 6) is 0.709. The Balaban J connectivity index is 1.12. The number of carbonyl (C=O) groups is 4. The van der Waals surface area contributed by atoms with Gasteiger partial charge in [-0.2, -0.15) is 0 Å². The highest BCUT2D eigenvalue weighted by molar-refractivity contribution is 5.87. The van der Waals surface area contributed by atoms with Crippen molar-refractivity contribution < 1.29 is 28.7 Å². The number of anilines is 1. The van der Waals surface area contributed by atoms with Crippen LogP contribution in [-0.2, 0) is 24.5 Å². The van der Waals surface area contributed by atoms with Gasteiger partial charge in [-0.3, -0.25) is 9.59 Å². The van der Waals surface area contributed by atoms with Crippen LogP contribution in [0.3, 0.4) is 0 Å². The molecule has 1 unspecified atom stereocenters. The van der Waals surface area contributed by atoms with Crippen molar-refractivity contribution in [3.63, 3.8) is 0 Å². The van der Waals surface area contributed by atoms with E-state index in [2.05, 4.69) is 103 Å². The number of H-pyrrole nitrogens is 2. The number of nitrogens with two attached hydrogens (primary N) is 1. The number of aromatic amines is 2. The predicted molar refractivity (Wildman–Crippen MR) is 255 cm³/mol. The van der Waals surface area contributed by atoms with E-state index in [1.165, 1.54) is 40.6 Å². The van der Waals surface area contributed by atoms with Crippen molar-refractivity contribution >= 4 is 51.8 Å². The first-order valence-corrected chi connectivity index (χ1v) is 23.6. The number of rotatable bonds is 11. The van der Waals surface area contributed by atoms with Crippen molar-refractivity contribution in [3.8, 4) is 0 Å². The lowest BCUT2D eigenvalue weighted by Gasteiger charge is -2.36. The smallest absolute Gasteiger partial charge is 0.407 e. The molecule has 15 heteroatoms. The SMILES string of the molecule is COC(=O)N[C@H](C(=O)N1CCC[C@H]1c1nc2cc([C@H]3CC[C@H](c4ccc5nc([C@@H]6CCCN6C(=O)C(OC(N)=O)C(C)C)[nH]c5c4)N3c3c(C)cc(C(C)(C)C)cc3C)ccc2[nH]1)C(C)C. The first-order valence-electron chi connectivity index (χ1n) is 23.6. The molecule has 15 nitrogen and oxygen atoms in total. The van der Waals surface area contributed by atoms with Gasteiger partial charge in [0.15, 0.2) is 6.10 Å². The van der Waals surface area contributed by atoms with E-state index < -0.39 is 24.3 Å².